The van der Waals surface area contributed by atoms with Crippen molar-refractivity contribution in [3.8, 4) is 11.8 Å². The summed E-state index contributed by atoms with van der Waals surface area (Å²) < 4.78 is 0.585. The summed E-state index contributed by atoms with van der Waals surface area (Å²) in [5, 5.41) is 21.7. The third kappa shape index (κ3) is 5.77. The van der Waals surface area contributed by atoms with Crippen LogP contribution in [-0.4, -0.2) is 39.3 Å². The fourth-order valence-corrected chi connectivity index (χ4v) is 2.29. The lowest BCUT2D eigenvalue weighted by Crippen LogP contribution is -2.24. The molecular weight excluding hydrogens is 354 g/mol. The van der Waals surface area contributed by atoms with Gasteiger partial charge in [-0.05, 0) is 37.1 Å². The number of hydrogen-bond acceptors (Lipinski definition) is 6. The van der Waals surface area contributed by atoms with Crippen LogP contribution in [0.3, 0.4) is 0 Å². The number of rotatable bonds is 9. The van der Waals surface area contributed by atoms with Crippen molar-refractivity contribution < 1.29 is 29.4 Å². The van der Waals surface area contributed by atoms with Crippen LogP contribution in [0.25, 0.3) is 0 Å². The van der Waals surface area contributed by atoms with E-state index in [-0.39, 0.29) is 17.4 Å². The van der Waals surface area contributed by atoms with Gasteiger partial charge >= 0.3 is 5.97 Å². The predicted octanol–water partition coefficient (Wildman–Crippen LogP) is 0.944. The monoisotopic (exact) mass is 375 g/mol. The minimum atomic E-state index is -0.807. The maximum Gasteiger partial charge on any atom is 0.363 e. The average molecular weight is 375 g/mol. The predicted molar refractivity (Wildman–Crippen MR) is 95.1 cm³/mol. The molecule has 0 radical (unpaired) electrons. The summed E-state index contributed by atoms with van der Waals surface area (Å²) in [4.78, 5) is 39.5. The molecule has 144 valence electrons. The Bertz CT molecular complexity index is 794. The second-order valence-corrected chi connectivity index (χ2v) is 5.83. The van der Waals surface area contributed by atoms with E-state index in [4.69, 9.17) is 10.6 Å². The summed E-state index contributed by atoms with van der Waals surface area (Å²) >= 11 is 0. The van der Waals surface area contributed by atoms with Gasteiger partial charge in [-0.25, -0.2) is 4.79 Å². The highest BCUT2D eigenvalue weighted by atomic mass is 16.7. The van der Waals surface area contributed by atoms with Gasteiger partial charge in [0, 0.05) is 30.7 Å². The van der Waals surface area contributed by atoms with E-state index in [0.717, 1.165) is 12.8 Å². The Hall–Kier alpha value is -3.49. The van der Waals surface area contributed by atoms with E-state index < -0.39 is 17.7 Å². The Morgan fingerprint density at radius 3 is 2.11 bits per heavy atom. The molecule has 0 saturated heterocycles. The highest BCUT2D eigenvalue weighted by Gasteiger charge is 2.15. The first-order valence-electron chi connectivity index (χ1n) is 8.37. The topological polar surface area (TPSA) is 144 Å². The van der Waals surface area contributed by atoms with Gasteiger partial charge in [0.2, 0.25) is 17.7 Å². The van der Waals surface area contributed by atoms with Crippen LogP contribution < -0.4 is 15.9 Å². The number of carbonyl (C=O) groups is 3. The number of nitrogens with zero attached hydrogens (tertiary/aromatic N) is 1. The molecule has 0 atom stereocenters. The number of nitrogens with one attached hydrogen (secondary N) is 1. The third-order valence-corrected chi connectivity index (χ3v) is 3.74. The van der Waals surface area contributed by atoms with Gasteiger partial charge in [-0.3, -0.25) is 9.59 Å². The van der Waals surface area contributed by atoms with Gasteiger partial charge < -0.3 is 26.1 Å². The lowest BCUT2D eigenvalue weighted by molar-refractivity contribution is -0.118. The zero-order chi connectivity index (χ0) is 19.8. The minimum Gasteiger partial charge on any atom is -0.492 e. The molecule has 0 aliphatic rings. The van der Waals surface area contributed by atoms with Crippen LogP contribution >= 0.6 is 0 Å². The Labute approximate surface area is 155 Å². The molecule has 0 aliphatic carbocycles. The van der Waals surface area contributed by atoms with E-state index in [0.29, 0.717) is 29.7 Å². The molecule has 9 nitrogen and oxygen atoms in total. The Morgan fingerprint density at radius 1 is 0.926 bits per heavy atom. The molecule has 0 saturated carbocycles. The van der Waals surface area contributed by atoms with Crippen molar-refractivity contribution >= 4 is 17.8 Å². The van der Waals surface area contributed by atoms with Crippen molar-refractivity contribution in [1.29, 1.82) is 0 Å². The van der Waals surface area contributed by atoms with E-state index in [1.54, 1.807) is 0 Å². The SMILES string of the molecule is NC(=O)CCCCCNC(=O)c1ccc(C(=O)On2c(O)ccc2O)cc1. The van der Waals surface area contributed by atoms with E-state index >= 15 is 0 Å². The molecule has 1 aromatic carbocycles. The molecule has 1 heterocycles. The number of primary amides is 1. The van der Waals surface area contributed by atoms with Crippen molar-refractivity contribution in [2.45, 2.75) is 25.7 Å². The number of unbranched alkanes of at least 4 members (excludes halogenated alkanes) is 2. The van der Waals surface area contributed by atoms with E-state index in [2.05, 4.69) is 5.32 Å². The van der Waals surface area contributed by atoms with Crippen LogP contribution in [0.4, 0.5) is 0 Å². The summed E-state index contributed by atoms with van der Waals surface area (Å²) in [6.07, 6.45) is 2.54. The fourth-order valence-electron chi connectivity index (χ4n) is 2.29. The molecule has 9 heteroatoms. The molecule has 2 rings (SSSR count). The van der Waals surface area contributed by atoms with Gasteiger partial charge in [-0.2, -0.15) is 0 Å². The van der Waals surface area contributed by atoms with E-state index in [9.17, 15) is 24.6 Å². The lowest BCUT2D eigenvalue weighted by atomic mass is 10.1. The average Bonchev–Trinajstić information content (AvgIpc) is 2.96. The normalized spacial score (nSPS) is 10.4. The van der Waals surface area contributed by atoms with Crippen LogP contribution in [0.15, 0.2) is 36.4 Å². The highest BCUT2D eigenvalue weighted by molar-refractivity contribution is 5.96. The van der Waals surface area contributed by atoms with Crippen molar-refractivity contribution in [2.75, 3.05) is 6.54 Å². The first-order valence-corrected chi connectivity index (χ1v) is 8.37. The van der Waals surface area contributed by atoms with Gasteiger partial charge in [0.1, 0.15) is 0 Å². The van der Waals surface area contributed by atoms with Gasteiger partial charge in [0.05, 0.1) is 5.56 Å². The number of hydrogen-bond donors (Lipinski definition) is 4. The highest BCUT2D eigenvalue weighted by Crippen LogP contribution is 2.19. The molecule has 2 amide bonds. The van der Waals surface area contributed by atoms with Crippen LogP contribution in [0.1, 0.15) is 46.4 Å². The molecule has 0 fully saturated rings. The molecule has 5 N–H and O–H groups in total. The van der Waals surface area contributed by atoms with Crippen molar-refractivity contribution in [3.63, 3.8) is 0 Å². The fraction of sp³-hybridized carbons (Fsp3) is 0.278. The van der Waals surface area contributed by atoms with Crippen LogP contribution in [-0.2, 0) is 4.79 Å². The third-order valence-electron chi connectivity index (χ3n) is 3.74. The molecular formula is C18H21N3O6. The van der Waals surface area contributed by atoms with Crippen molar-refractivity contribution in [2.24, 2.45) is 5.73 Å². The first-order chi connectivity index (χ1) is 12.9. The van der Waals surface area contributed by atoms with Crippen LogP contribution in [0.2, 0.25) is 0 Å². The van der Waals surface area contributed by atoms with Gasteiger partial charge in [0.25, 0.3) is 5.91 Å². The zero-order valence-electron chi connectivity index (χ0n) is 14.6. The molecule has 1 aromatic heterocycles. The van der Waals surface area contributed by atoms with Crippen LogP contribution in [0.5, 0.6) is 11.8 Å². The van der Waals surface area contributed by atoms with Gasteiger partial charge in [0.15, 0.2) is 0 Å². The zero-order valence-corrected chi connectivity index (χ0v) is 14.6. The Morgan fingerprint density at radius 2 is 1.52 bits per heavy atom. The Kier molecular flexibility index (Phi) is 6.81. The number of nitrogens with two attached hydrogens (primary N) is 1. The summed E-state index contributed by atoms with van der Waals surface area (Å²) in [5.41, 5.74) is 5.56. The first kappa shape index (κ1) is 19.8. The molecule has 2 aromatic rings. The largest absolute Gasteiger partial charge is 0.492 e. The quantitative estimate of drug-likeness (QED) is 0.480. The molecule has 0 unspecified atom stereocenters. The summed E-state index contributed by atoms with van der Waals surface area (Å²) in [6.45, 7) is 0.466. The van der Waals surface area contributed by atoms with Gasteiger partial charge in [-0.1, -0.05) is 6.42 Å². The maximum atomic E-state index is 12.0. The number of aromatic nitrogens is 1. The number of aromatic hydroxyl groups is 2. The van der Waals surface area contributed by atoms with Crippen molar-refractivity contribution in [1.82, 2.24) is 10.0 Å². The lowest BCUT2D eigenvalue weighted by Gasteiger charge is -2.08. The second-order valence-electron chi connectivity index (χ2n) is 5.83. The van der Waals surface area contributed by atoms with Crippen molar-refractivity contribution in [3.05, 3.63) is 47.5 Å². The number of carbonyl (C=O) groups excluding carboxylic acids is 3. The maximum absolute atomic E-state index is 12.0. The molecule has 0 spiro atoms. The smallest absolute Gasteiger partial charge is 0.363 e. The summed E-state index contributed by atoms with van der Waals surface area (Å²) in [6, 6.07) is 8.08. The Balaban J connectivity index is 1.82. The van der Waals surface area contributed by atoms with Gasteiger partial charge in [-0.15, -0.1) is 4.73 Å². The number of amides is 2. The molecule has 0 bridgehead atoms. The summed E-state index contributed by atoms with van der Waals surface area (Å²) in [7, 11) is 0. The molecule has 27 heavy (non-hydrogen) atoms. The van der Waals surface area contributed by atoms with Crippen LogP contribution in [0, 0.1) is 0 Å². The summed E-state index contributed by atoms with van der Waals surface area (Å²) in [5.74, 6) is -2.27. The second kappa shape index (κ2) is 9.27. The van der Waals surface area contributed by atoms with E-state index in [1.807, 2.05) is 0 Å². The minimum absolute atomic E-state index is 0.144. The van der Waals surface area contributed by atoms with E-state index in [1.165, 1.54) is 36.4 Å². The standard InChI is InChI=1S/C18H21N3O6/c19-14(22)4-2-1-3-11-20-17(25)12-5-7-13(8-6-12)18(26)27-21-15(23)9-10-16(21)24/h5-10,23-24H,1-4,11H2,(H2,19,22)(H,20,25). The number of benzene rings is 1. The molecule has 0 aliphatic heterocycles.